The third kappa shape index (κ3) is 3.30. The summed E-state index contributed by atoms with van der Waals surface area (Å²) >= 11 is 1.15. The second-order valence-electron chi connectivity index (χ2n) is 5.23. The molecule has 3 heterocycles. The molecule has 0 saturated carbocycles. The van der Waals surface area contributed by atoms with Crippen molar-refractivity contribution < 1.29 is 4.79 Å². The summed E-state index contributed by atoms with van der Waals surface area (Å²) in [5, 5.41) is 7.10. The van der Waals surface area contributed by atoms with Gasteiger partial charge in [0.1, 0.15) is 10.8 Å². The first kappa shape index (κ1) is 14.6. The zero-order valence-electron chi connectivity index (χ0n) is 12.1. The minimum absolute atomic E-state index is 0.125. The molecule has 0 aromatic carbocycles. The third-order valence-electron chi connectivity index (χ3n) is 3.67. The quantitative estimate of drug-likeness (QED) is 0.869. The molecule has 1 aliphatic heterocycles. The fraction of sp³-hybridized carbons (Fsp3) is 0.462. The van der Waals surface area contributed by atoms with E-state index in [9.17, 15) is 9.59 Å². The Morgan fingerprint density at radius 1 is 1.45 bits per heavy atom. The second-order valence-corrected chi connectivity index (χ2v) is 6.01. The fourth-order valence-electron chi connectivity index (χ4n) is 2.60. The first-order chi connectivity index (χ1) is 10.6. The van der Waals surface area contributed by atoms with Gasteiger partial charge in [-0.25, -0.2) is 9.78 Å². The van der Waals surface area contributed by atoms with Crippen molar-refractivity contribution in [2.75, 3.05) is 18.4 Å². The lowest BCUT2D eigenvalue weighted by atomic mass is 9.93. The zero-order valence-corrected chi connectivity index (χ0v) is 12.9. The maximum absolute atomic E-state index is 12.1. The van der Waals surface area contributed by atoms with Crippen LogP contribution in [-0.2, 0) is 0 Å². The van der Waals surface area contributed by atoms with Crippen molar-refractivity contribution in [2.45, 2.75) is 25.7 Å². The Bertz CT molecular complexity index is 706. The fourth-order valence-corrected chi connectivity index (χ4v) is 3.01. The van der Waals surface area contributed by atoms with E-state index in [1.54, 1.807) is 17.9 Å². The van der Waals surface area contributed by atoms with Gasteiger partial charge in [0.2, 0.25) is 0 Å². The Morgan fingerprint density at radius 2 is 2.23 bits per heavy atom. The topological polar surface area (TPSA) is 104 Å². The molecule has 2 aromatic rings. The average molecular weight is 320 g/mol. The normalized spacial score (nSPS) is 15.8. The number of likely N-dealkylation sites (tertiary alicyclic amines) is 1. The highest BCUT2D eigenvalue weighted by Crippen LogP contribution is 2.26. The van der Waals surface area contributed by atoms with Crippen molar-refractivity contribution in [3.8, 4) is 0 Å². The Hall–Kier alpha value is -2.29. The van der Waals surface area contributed by atoms with Gasteiger partial charge in [-0.15, -0.1) is 5.10 Å². The van der Waals surface area contributed by atoms with Gasteiger partial charge in [0.25, 0.3) is 5.56 Å². The van der Waals surface area contributed by atoms with Crippen LogP contribution in [-0.4, -0.2) is 43.6 Å². The van der Waals surface area contributed by atoms with Crippen LogP contribution in [0.4, 0.5) is 9.80 Å². The molecule has 2 N–H and O–H groups in total. The van der Waals surface area contributed by atoms with Gasteiger partial charge in [0.05, 0.1) is 11.9 Å². The number of H-pyrrole nitrogens is 1. The van der Waals surface area contributed by atoms with Crippen molar-refractivity contribution >= 4 is 22.6 Å². The number of nitrogens with zero attached hydrogens (tertiary/aromatic N) is 4. The van der Waals surface area contributed by atoms with Gasteiger partial charge in [0.15, 0.2) is 0 Å². The minimum Gasteiger partial charge on any atom is -0.324 e. The van der Waals surface area contributed by atoms with E-state index in [-0.39, 0.29) is 17.5 Å². The van der Waals surface area contributed by atoms with Gasteiger partial charge in [0, 0.05) is 36.6 Å². The smallest absolute Gasteiger partial charge is 0.322 e. The molecule has 9 heteroatoms. The maximum Gasteiger partial charge on any atom is 0.322 e. The number of carbonyl (C=O) groups is 1. The summed E-state index contributed by atoms with van der Waals surface area (Å²) < 4.78 is 3.71. The number of aryl methyl sites for hydroxylation is 1. The molecule has 2 amide bonds. The molecule has 8 nitrogen and oxygen atoms in total. The van der Waals surface area contributed by atoms with E-state index in [4.69, 9.17) is 0 Å². The van der Waals surface area contributed by atoms with Crippen LogP contribution in [0.5, 0.6) is 0 Å². The molecule has 1 aliphatic rings. The lowest BCUT2D eigenvalue weighted by molar-refractivity contribution is 0.194. The first-order valence-corrected chi connectivity index (χ1v) is 7.80. The number of aromatic nitrogens is 4. The average Bonchev–Trinajstić information content (AvgIpc) is 2.99. The van der Waals surface area contributed by atoms with E-state index in [2.05, 4.69) is 24.9 Å². The third-order valence-corrected chi connectivity index (χ3v) is 4.25. The van der Waals surface area contributed by atoms with Crippen LogP contribution in [0.1, 0.15) is 30.3 Å². The molecule has 0 spiro atoms. The van der Waals surface area contributed by atoms with E-state index >= 15 is 0 Å². The van der Waals surface area contributed by atoms with Gasteiger partial charge in [-0.3, -0.25) is 10.1 Å². The Labute approximate surface area is 130 Å². The number of rotatable bonds is 2. The van der Waals surface area contributed by atoms with Gasteiger partial charge in [-0.2, -0.15) is 0 Å². The number of carbonyl (C=O) groups excluding carboxylic acids is 1. The van der Waals surface area contributed by atoms with Crippen LogP contribution >= 0.6 is 11.5 Å². The van der Waals surface area contributed by atoms with E-state index in [1.165, 1.54) is 6.20 Å². The largest absolute Gasteiger partial charge is 0.324 e. The highest BCUT2D eigenvalue weighted by atomic mass is 32.1. The molecule has 2 aromatic heterocycles. The van der Waals surface area contributed by atoms with Crippen LogP contribution in [0.15, 0.2) is 17.1 Å². The van der Waals surface area contributed by atoms with Crippen LogP contribution in [0.25, 0.3) is 0 Å². The van der Waals surface area contributed by atoms with E-state index in [1.807, 2.05) is 0 Å². The molecule has 1 saturated heterocycles. The number of anilines is 1. The lowest BCUT2D eigenvalue weighted by Crippen LogP contribution is -2.40. The number of hydrogen-bond donors (Lipinski definition) is 2. The summed E-state index contributed by atoms with van der Waals surface area (Å²) in [7, 11) is 0. The molecule has 22 heavy (non-hydrogen) atoms. The van der Waals surface area contributed by atoms with Crippen LogP contribution in [0, 0.1) is 6.92 Å². The van der Waals surface area contributed by atoms with Crippen LogP contribution in [0.3, 0.4) is 0 Å². The summed E-state index contributed by atoms with van der Waals surface area (Å²) in [6, 6.07) is 1.41. The summed E-state index contributed by atoms with van der Waals surface area (Å²) in [6.07, 6.45) is 3.12. The number of aromatic amines is 1. The van der Waals surface area contributed by atoms with Crippen molar-refractivity contribution in [2.24, 2.45) is 0 Å². The van der Waals surface area contributed by atoms with E-state index in [0.29, 0.717) is 23.9 Å². The van der Waals surface area contributed by atoms with Crippen molar-refractivity contribution in [3.05, 3.63) is 34.1 Å². The standard InChI is InChI=1S/C13H16N6O2S/c1-8-15-10(6-11(20)16-8)9-2-4-19(5-3-9)13(21)17-12-7-14-18-22-12/h6-7,9H,2-5H2,1H3,(H,17,21)(H,15,16,20). The molecule has 116 valence electrons. The first-order valence-electron chi connectivity index (χ1n) is 7.03. The predicted octanol–water partition coefficient (Wildman–Crippen LogP) is 1.34. The molecule has 0 radical (unpaired) electrons. The molecule has 0 aliphatic carbocycles. The van der Waals surface area contributed by atoms with E-state index in [0.717, 1.165) is 30.1 Å². The maximum atomic E-state index is 12.1. The molecular formula is C13H16N6O2S. The number of nitrogens with one attached hydrogen (secondary N) is 2. The molecular weight excluding hydrogens is 304 g/mol. The minimum atomic E-state index is -0.139. The summed E-state index contributed by atoms with van der Waals surface area (Å²) in [6.45, 7) is 3.04. The number of amides is 2. The number of hydrogen-bond acceptors (Lipinski definition) is 6. The monoisotopic (exact) mass is 320 g/mol. The van der Waals surface area contributed by atoms with E-state index < -0.39 is 0 Å². The van der Waals surface area contributed by atoms with Gasteiger partial charge in [-0.1, -0.05) is 4.49 Å². The predicted molar refractivity (Wildman–Crippen MR) is 82.1 cm³/mol. The summed E-state index contributed by atoms with van der Waals surface area (Å²) in [4.78, 5) is 32.4. The number of piperidine rings is 1. The Morgan fingerprint density at radius 3 is 2.86 bits per heavy atom. The lowest BCUT2D eigenvalue weighted by Gasteiger charge is -2.31. The molecule has 0 bridgehead atoms. The van der Waals surface area contributed by atoms with Crippen LogP contribution < -0.4 is 10.9 Å². The number of urea groups is 1. The highest BCUT2D eigenvalue weighted by Gasteiger charge is 2.25. The van der Waals surface area contributed by atoms with Crippen molar-refractivity contribution in [3.63, 3.8) is 0 Å². The summed E-state index contributed by atoms with van der Waals surface area (Å²) in [5.74, 6) is 0.843. The Balaban J connectivity index is 1.60. The van der Waals surface area contributed by atoms with Gasteiger partial charge < -0.3 is 9.88 Å². The second kappa shape index (κ2) is 6.22. The van der Waals surface area contributed by atoms with Crippen molar-refractivity contribution in [1.29, 1.82) is 0 Å². The van der Waals surface area contributed by atoms with Crippen molar-refractivity contribution in [1.82, 2.24) is 24.5 Å². The Kier molecular flexibility index (Phi) is 4.14. The van der Waals surface area contributed by atoms with Gasteiger partial charge >= 0.3 is 6.03 Å². The molecule has 0 atom stereocenters. The molecule has 3 rings (SSSR count). The van der Waals surface area contributed by atoms with Gasteiger partial charge in [-0.05, 0) is 19.8 Å². The highest BCUT2D eigenvalue weighted by molar-refractivity contribution is 7.10. The molecule has 1 fully saturated rings. The zero-order chi connectivity index (χ0) is 15.5. The molecule has 0 unspecified atom stereocenters. The summed E-state index contributed by atoms with van der Waals surface area (Å²) in [5.41, 5.74) is 0.688. The SMILES string of the molecule is Cc1nc(C2CCN(C(=O)Nc3cnns3)CC2)cc(=O)[nH]1. The van der Waals surface area contributed by atoms with Crippen LogP contribution in [0.2, 0.25) is 0 Å².